The van der Waals surface area contributed by atoms with Gasteiger partial charge >= 0.3 is 0 Å². The third kappa shape index (κ3) is 3.88. The van der Waals surface area contributed by atoms with Crippen molar-refractivity contribution in [3.05, 3.63) is 53.3 Å². The average Bonchev–Trinajstić information content (AvgIpc) is 2.84. The number of H-pyrrole nitrogens is 1. The molecule has 1 aromatic carbocycles. The van der Waals surface area contributed by atoms with Gasteiger partial charge in [-0.3, -0.25) is 4.79 Å². The second-order valence-electron chi connectivity index (χ2n) is 4.78. The molecule has 106 valence electrons. The molecule has 0 unspecified atom stereocenters. The lowest BCUT2D eigenvalue weighted by Crippen LogP contribution is -2.27. The number of ether oxygens (including phenoxy) is 1. The predicted molar refractivity (Wildman–Crippen MR) is 78.9 cm³/mol. The number of nitrogens with one attached hydrogen (secondary N) is 2. The second-order valence-corrected chi connectivity index (χ2v) is 4.78. The van der Waals surface area contributed by atoms with Crippen LogP contribution in [0, 0.1) is 6.92 Å². The van der Waals surface area contributed by atoms with Crippen LogP contribution in [0.4, 0.5) is 0 Å². The van der Waals surface area contributed by atoms with Crippen molar-refractivity contribution in [2.75, 3.05) is 13.7 Å². The van der Waals surface area contributed by atoms with Crippen molar-refractivity contribution in [3.8, 4) is 5.75 Å². The molecule has 0 aliphatic carbocycles. The lowest BCUT2D eigenvalue weighted by Gasteiger charge is -2.08. The van der Waals surface area contributed by atoms with E-state index in [1.807, 2.05) is 43.5 Å². The first-order valence-corrected chi connectivity index (χ1v) is 6.71. The van der Waals surface area contributed by atoms with E-state index in [1.54, 1.807) is 7.11 Å². The number of amides is 1. The lowest BCUT2D eigenvalue weighted by molar-refractivity contribution is -0.120. The minimum absolute atomic E-state index is 0.0406. The van der Waals surface area contributed by atoms with Crippen LogP contribution in [0.15, 0.2) is 36.5 Å². The zero-order chi connectivity index (χ0) is 14.4. The Morgan fingerprint density at radius 2 is 2.15 bits per heavy atom. The maximum absolute atomic E-state index is 11.8. The van der Waals surface area contributed by atoms with E-state index in [4.69, 9.17) is 4.74 Å². The third-order valence-electron chi connectivity index (χ3n) is 3.16. The zero-order valence-electron chi connectivity index (χ0n) is 11.9. The fraction of sp³-hybridized carbons (Fsp3) is 0.312. The fourth-order valence-electron chi connectivity index (χ4n) is 2.16. The van der Waals surface area contributed by atoms with Crippen molar-refractivity contribution in [2.24, 2.45) is 0 Å². The monoisotopic (exact) mass is 272 g/mol. The van der Waals surface area contributed by atoms with E-state index in [0.717, 1.165) is 29.0 Å². The van der Waals surface area contributed by atoms with E-state index in [9.17, 15) is 4.79 Å². The first kappa shape index (κ1) is 14.2. The number of hydrogen-bond acceptors (Lipinski definition) is 2. The molecule has 1 amide bonds. The van der Waals surface area contributed by atoms with Crippen LogP contribution in [0.3, 0.4) is 0 Å². The molecule has 2 aromatic rings. The molecule has 0 fully saturated rings. The third-order valence-corrected chi connectivity index (χ3v) is 3.16. The standard InChI is InChI=1S/C16H20N2O2/c1-12-9-13(11-18-12)10-16(19)17-8-7-14-5-3-4-6-15(14)20-2/h3-6,9,11,18H,7-8,10H2,1-2H3,(H,17,19). The minimum Gasteiger partial charge on any atom is -0.496 e. The highest BCUT2D eigenvalue weighted by molar-refractivity contribution is 5.78. The molecule has 0 aliphatic heterocycles. The van der Waals surface area contributed by atoms with E-state index < -0.39 is 0 Å². The van der Waals surface area contributed by atoms with E-state index in [2.05, 4.69) is 10.3 Å². The number of aromatic amines is 1. The number of rotatable bonds is 6. The van der Waals surface area contributed by atoms with Gasteiger partial charge in [-0.15, -0.1) is 0 Å². The first-order chi connectivity index (χ1) is 9.69. The number of benzene rings is 1. The minimum atomic E-state index is 0.0406. The molecule has 4 heteroatoms. The van der Waals surface area contributed by atoms with Gasteiger partial charge in [0, 0.05) is 18.4 Å². The molecule has 4 nitrogen and oxygen atoms in total. The molecule has 1 aromatic heterocycles. The molecule has 0 radical (unpaired) electrons. The number of para-hydroxylation sites is 1. The van der Waals surface area contributed by atoms with Crippen LogP contribution in [0.2, 0.25) is 0 Å². The lowest BCUT2D eigenvalue weighted by atomic mass is 10.1. The summed E-state index contributed by atoms with van der Waals surface area (Å²) in [5, 5.41) is 2.93. The van der Waals surface area contributed by atoms with Crippen molar-refractivity contribution in [2.45, 2.75) is 19.8 Å². The summed E-state index contributed by atoms with van der Waals surface area (Å²) in [6.07, 6.45) is 3.05. The summed E-state index contributed by atoms with van der Waals surface area (Å²) < 4.78 is 5.28. The summed E-state index contributed by atoms with van der Waals surface area (Å²) in [6.45, 7) is 2.59. The molecule has 0 saturated heterocycles. The van der Waals surface area contributed by atoms with Gasteiger partial charge in [-0.25, -0.2) is 0 Å². The molecule has 2 rings (SSSR count). The van der Waals surface area contributed by atoms with E-state index in [-0.39, 0.29) is 5.91 Å². The van der Waals surface area contributed by atoms with Gasteiger partial charge in [0.15, 0.2) is 0 Å². The first-order valence-electron chi connectivity index (χ1n) is 6.71. The summed E-state index contributed by atoms with van der Waals surface area (Å²) in [5.74, 6) is 0.905. The highest BCUT2D eigenvalue weighted by Gasteiger charge is 2.05. The maximum Gasteiger partial charge on any atom is 0.224 e. The van der Waals surface area contributed by atoms with Crippen molar-refractivity contribution in [1.29, 1.82) is 0 Å². The maximum atomic E-state index is 11.8. The Morgan fingerprint density at radius 1 is 1.35 bits per heavy atom. The van der Waals surface area contributed by atoms with Crippen LogP contribution in [0.25, 0.3) is 0 Å². The molecule has 0 spiro atoms. The molecular formula is C16H20N2O2. The number of carbonyl (C=O) groups is 1. The molecule has 0 saturated carbocycles. The van der Waals surface area contributed by atoms with Crippen LogP contribution in [-0.2, 0) is 17.6 Å². The molecule has 20 heavy (non-hydrogen) atoms. The topological polar surface area (TPSA) is 54.1 Å². The quantitative estimate of drug-likeness (QED) is 0.847. The van der Waals surface area contributed by atoms with Gasteiger partial charge in [0.05, 0.1) is 13.5 Å². The van der Waals surface area contributed by atoms with Crippen LogP contribution < -0.4 is 10.1 Å². The average molecular weight is 272 g/mol. The Kier molecular flexibility index (Phi) is 4.82. The molecule has 1 heterocycles. The smallest absolute Gasteiger partial charge is 0.224 e. The van der Waals surface area contributed by atoms with Crippen LogP contribution in [0.5, 0.6) is 5.75 Å². The largest absolute Gasteiger partial charge is 0.496 e. The number of hydrogen-bond donors (Lipinski definition) is 2. The Bertz CT molecular complexity index is 575. The van der Waals surface area contributed by atoms with Crippen molar-refractivity contribution in [3.63, 3.8) is 0 Å². The van der Waals surface area contributed by atoms with Crippen molar-refractivity contribution < 1.29 is 9.53 Å². The van der Waals surface area contributed by atoms with Crippen molar-refractivity contribution >= 4 is 5.91 Å². The summed E-state index contributed by atoms with van der Waals surface area (Å²) >= 11 is 0. The summed E-state index contributed by atoms with van der Waals surface area (Å²) in [7, 11) is 1.66. The van der Waals surface area contributed by atoms with Gasteiger partial charge in [0.1, 0.15) is 5.75 Å². The highest BCUT2D eigenvalue weighted by atomic mass is 16.5. The number of aromatic nitrogens is 1. The van der Waals surface area contributed by atoms with Gasteiger partial charge in [0.2, 0.25) is 5.91 Å². The Labute approximate surface area is 119 Å². The van der Waals surface area contributed by atoms with Gasteiger partial charge in [0.25, 0.3) is 0 Å². The van der Waals surface area contributed by atoms with Gasteiger partial charge in [-0.05, 0) is 36.6 Å². The van der Waals surface area contributed by atoms with Gasteiger partial charge in [-0.1, -0.05) is 18.2 Å². The SMILES string of the molecule is COc1ccccc1CCNC(=O)Cc1c[nH]c(C)c1. The van der Waals surface area contributed by atoms with E-state index in [1.165, 1.54) is 0 Å². The highest BCUT2D eigenvalue weighted by Crippen LogP contribution is 2.17. The molecule has 2 N–H and O–H groups in total. The fourth-order valence-corrected chi connectivity index (χ4v) is 2.16. The summed E-state index contributed by atoms with van der Waals surface area (Å²) in [4.78, 5) is 14.9. The number of methoxy groups -OCH3 is 1. The van der Waals surface area contributed by atoms with Crippen LogP contribution in [-0.4, -0.2) is 24.5 Å². The summed E-state index contributed by atoms with van der Waals surface area (Å²) in [5.41, 5.74) is 3.19. The number of aryl methyl sites for hydroxylation is 1. The predicted octanol–water partition coefficient (Wildman–Crippen LogP) is 2.23. The van der Waals surface area contributed by atoms with E-state index in [0.29, 0.717) is 13.0 Å². The van der Waals surface area contributed by atoms with Gasteiger partial charge < -0.3 is 15.0 Å². The molecule has 0 atom stereocenters. The summed E-state index contributed by atoms with van der Waals surface area (Å²) in [6, 6.07) is 9.84. The van der Waals surface area contributed by atoms with Crippen molar-refractivity contribution in [1.82, 2.24) is 10.3 Å². The van der Waals surface area contributed by atoms with E-state index >= 15 is 0 Å². The zero-order valence-corrected chi connectivity index (χ0v) is 11.9. The number of carbonyl (C=O) groups excluding carboxylic acids is 1. The Balaban J connectivity index is 1.79. The Hall–Kier alpha value is -2.23. The van der Waals surface area contributed by atoms with Crippen LogP contribution >= 0.6 is 0 Å². The van der Waals surface area contributed by atoms with Crippen LogP contribution in [0.1, 0.15) is 16.8 Å². The second kappa shape index (κ2) is 6.80. The molecular weight excluding hydrogens is 252 g/mol. The Morgan fingerprint density at radius 3 is 2.85 bits per heavy atom. The van der Waals surface area contributed by atoms with Gasteiger partial charge in [-0.2, -0.15) is 0 Å². The normalized spacial score (nSPS) is 10.3. The molecule has 0 bridgehead atoms. The molecule has 0 aliphatic rings.